The first-order valence-electron chi connectivity index (χ1n) is 6.46. The second-order valence-corrected chi connectivity index (χ2v) is 7.19. The van der Waals surface area contributed by atoms with E-state index < -0.39 is 9.84 Å². The van der Waals surface area contributed by atoms with E-state index in [0.717, 1.165) is 19.5 Å². The van der Waals surface area contributed by atoms with E-state index >= 15 is 0 Å². The van der Waals surface area contributed by atoms with Crippen molar-refractivity contribution >= 4 is 9.84 Å². The van der Waals surface area contributed by atoms with E-state index in [4.69, 9.17) is 0 Å². The number of rotatable bonds is 9. The van der Waals surface area contributed by atoms with Crippen molar-refractivity contribution in [1.82, 2.24) is 10.2 Å². The molecule has 0 saturated carbocycles. The van der Waals surface area contributed by atoms with E-state index in [1.54, 1.807) is 6.92 Å². The van der Waals surface area contributed by atoms with Gasteiger partial charge in [0.2, 0.25) is 0 Å². The highest BCUT2D eigenvalue weighted by Crippen LogP contribution is 1.99. The summed E-state index contributed by atoms with van der Waals surface area (Å²) in [5.74, 6) is 0.461. The minimum Gasteiger partial charge on any atom is -0.312 e. The number of nitrogens with zero attached hydrogens (tertiary/aromatic N) is 1. The molecule has 0 aromatic rings. The van der Waals surface area contributed by atoms with Crippen molar-refractivity contribution in [2.24, 2.45) is 0 Å². The Labute approximate surface area is 107 Å². The van der Waals surface area contributed by atoms with Crippen LogP contribution in [-0.4, -0.2) is 57.0 Å². The quantitative estimate of drug-likeness (QED) is 0.678. The van der Waals surface area contributed by atoms with Crippen molar-refractivity contribution in [3.8, 4) is 0 Å². The molecule has 0 heterocycles. The van der Waals surface area contributed by atoms with Crippen molar-refractivity contribution in [3.05, 3.63) is 0 Å². The van der Waals surface area contributed by atoms with Crippen molar-refractivity contribution in [2.45, 2.75) is 46.2 Å². The molecular weight excluding hydrogens is 236 g/mol. The first-order chi connectivity index (χ1) is 7.82. The molecule has 4 nitrogen and oxygen atoms in total. The van der Waals surface area contributed by atoms with E-state index in [9.17, 15) is 8.42 Å². The number of nitrogens with one attached hydrogen (secondary N) is 1. The van der Waals surface area contributed by atoms with Crippen LogP contribution < -0.4 is 5.32 Å². The fourth-order valence-corrected chi connectivity index (χ4v) is 2.69. The molecule has 0 radical (unpaired) electrons. The first kappa shape index (κ1) is 16.9. The van der Waals surface area contributed by atoms with Crippen LogP contribution in [0.15, 0.2) is 0 Å². The first-order valence-corrected chi connectivity index (χ1v) is 8.28. The Morgan fingerprint density at radius 2 is 1.82 bits per heavy atom. The molecule has 0 fully saturated rings. The van der Waals surface area contributed by atoms with Crippen LogP contribution >= 0.6 is 0 Å². The molecular formula is C12H28N2O2S. The summed E-state index contributed by atoms with van der Waals surface area (Å²) >= 11 is 0. The van der Waals surface area contributed by atoms with Crippen LogP contribution in [-0.2, 0) is 9.84 Å². The summed E-state index contributed by atoms with van der Waals surface area (Å²) in [5.41, 5.74) is 0. The van der Waals surface area contributed by atoms with Gasteiger partial charge in [-0.1, -0.05) is 13.8 Å². The van der Waals surface area contributed by atoms with Crippen molar-refractivity contribution in [2.75, 3.05) is 31.6 Å². The van der Waals surface area contributed by atoms with Crippen LogP contribution in [0.5, 0.6) is 0 Å². The molecule has 2 unspecified atom stereocenters. The lowest BCUT2D eigenvalue weighted by molar-refractivity contribution is 0.250. The summed E-state index contributed by atoms with van der Waals surface area (Å²) in [5, 5.41) is 3.26. The highest BCUT2D eigenvalue weighted by atomic mass is 32.2. The standard InChI is InChI=1S/C12H28N2O2S/c1-6-12(4)14(5)9-8-13-11(3)10-17(15,16)7-2/h11-13H,6-10H2,1-5H3. The summed E-state index contributed by atoms with van der Waals surface area (Å²) in [6, 6.07) is 0.608. The van der Waals surface area contributed by atoms with Gasteiger partial charge in [-0.2, -0.15) is 0 Å². The molecule has 104 valence electrons. The zero-order chi connectivity index (χ0) is 13.5. The molecule has 2 atom stereocenters. The van der Waals surface area contributed by atoms with Crippen molar-refractivity contribution in [3.63, 3.8) is 0 Å². The molecule has 0 saturated heterocycles. The number of hydrogen-bond acceptors (Lipinski definition) is 4. The lowest BCUT2D eigenvalue weighted by atomic mass is 10.2. The molecule has 0 bridgehead atoms. The fourth-order valence-electron chi connectivity index (χ4n) is 1.58. The predicted molar refractivity (Wildman–Crippen MR) is 74.2 cm³/mol. The van der Waals surface area contributed by atoms with Crippen molar-refractivity contribution < 1.29 is 8.42 Å². The lowest BCUT2D eigenvalue weighted by Gasteiger charge is -2.24. The van der Waals surface area contributed by atoms with E-state index in [2.05, 4.69) is 31.1 Å². The van der Waals surface area contributed by atoms with Gasteiger partial charge >= 0.3 is 0 Å². The maximum Gasteiger partial charge on any atom is 0.151 e. The predicted octanol–water partition coefficient (Wildman–Crippen LogP) is 1.13. The zero-order valence-electron chi connectivity index (χ0n) is 11.9. The van der Waals surface area contributed by atoms with Gasteiger partial charge in [-0.25, -0.2) is 8.42 Å². The van der Waals surface area contributed by atoms with E-state index in [1.165, 1.54) is 0 Å². The average Bonchev–Trinajstić information content (AvgIpc) is 2.27. The third kappa shape index (κ3) is 7.73. The number of likely N-dealkylation sites (N-methyl/N-ethyl adjacent to an activating group) is 1. The van der Waals surface area contributed by atoms with Crippen molar-refractivity contribution in [1.29, 1.82) is 0 Å². The molecule has 0 rings (SSSR count). The smallest absolute Gasteiger partial charge is 0.151 e. The third-order valence-corrected chi connectivity index (χ3v) is 5.13. The maximum absolute atomic E-state index is 11.4. The summed E-state index contributed by atoms with van der Waals surface area (Å²) < 4.78 is 22.8. The van der Waals surface area contributed by atoms with E-state index in [-0.39, 0.29) is 17.5 Å². The lowest BCUT2D eigenvalue weighted by Crippen LogP contribution is -2.40. The van der Waals surface area contributed by atoms with Gasteiger partial charge < -0.3 is 10.2 Å². The van der Waals surface area contributed by atoms with Gasteiger partial charge in [-0.3, -0.25) is 0 Å². The second kappa shape index (κ2) is 8.06. The number of sulfone groups is 1. The van der Waals surface area contributed by atoms with E-state index in [0.29, 0.717) is 6.04 Å². The van der Waals surface area contributed by atoms with Crippen LogP contribution in [0.25, 0.3) is 0 Å². The monoisotopic (exact) mass is 264 g/mol. The van der Waals surface area contributed by atoms with Gasteiger partial charge in [-0.05, 0) is 27.3 Å². The van der Waals surface area contributed by atoms with Gasteiger partial charge in [0.25, 0.3) is 0 Å². The Bertz CT molecular complexity index is 291. The highest BCUT2D eigenvalue weighted by molar-refractivity contribution is 7.91. The zero-order valence-corrected chi connectivity index (χ0v) is 12.7. The Hall–Kier alpha value is -0.130. The Balaban J connectivity index is 3.82. The molecule has 0 aliphatic carbocycles. The molecule has 1 N–H and O–H groups in total. The summed E-state index contributed by atoms with van der Waals surface area (Å²) in [6.45, 7) is 9.78. The van der Waals surface area contributed by atoms with Crippen LogP contribution in [0.4, 0.5) is 0 Å². The summed E-state index contributed by atoms with van der Waals surface area (Å²) in [4.78, 5) is 2.29. The molecule has 5 heteroatoms. The SMILES string of the molecule is CCC(C)N(C)CCNC(C)CS(=O)(=O)CC. The fraction of sp³-hybridized carbons (Fsp3) is 1.00. The molecule has 0 aliphatic heterocycles. The van der Waals surface area contributed by atoms with Gasteiger partial charge in [0, 0.05) is 30.9 Å². The Kier molecular flexibility index (Phi) is 8.00. The minimum atomic E-state index is -2.87. The Morgan fingerprint density at radius 1 is 1.24 bits per heavy atom. The third-order valence-electron chi connectivity index (χ3n) is 3.24. The molecule has 0 aromatic heterocycles. The highest BCUT2D eigenvalue weighted by Gasteiger charge is 2.13. The number of hydrogen-bond donors (Lipinski definition) is 1. The van der Waals surface area contributed by atoms with Gasteiger partial charge in [-0.15, -0.1) is 0 Å². The molecule has 0 amide bonds. The van der Waals surface area contributed by atoms with Crippen LogP contribution in [0, 0.1) is 0 Å². The largest absolute Gasteiger partial charge is 0.312 e. The molecule has 0 aliphatic rings. The molecule has 0 aromatic carbocycles. The summed E-state index contributed by atoms with van der Waals surface area (Å²) in [6.07, 6.45) is 1.14. The van der Waals surface area contributed by atoms with Gasteiger partial charge in [0.05, 0.1) is 5.75 Å². The van der Waals surface area contributed by atoms with E-state index in [1.807, 2.05) is 6.92 Å². The summed E-state index contributed by atoms with van der Waals surface area (Å²) in [7, 11) is -0.766. The topological polar surface area (TPSA) is 49.4 Å². The molecule has 0 spiro atoms. The van der Waals surface area contributed by atoms with Gasteiger partial charge in [0.15, 0.2) is 9.84 Å². The van der Waals surface area contributed by atoms with Crippen LogP contribution in [0.1, 0.15) is 34.1 Å². The van der Waals surface area contributed by atoms with Crippen LogP contribution in [0.2, 0.25) is 0 Å². The van der Waals surface area contributed by atoms with Crippen LogP contribution in [0.3, 0.4) is 0 Å². The Morgan fingerprint density at radius 3 is 2.29 bits per heavy atom. The van der Waals surface area contributed by atoms with Gasteiger partial charge in [0.1, 0.15) is 0 Å². The maximum atomic E-state index is 11.4. The second-order valence-electron chi connectivity index (χ2n) is 4.79. The normalized spacial score (nSPS) is 16.1. The molecule has 17 heavy (non-hydrogen) atoms. The minimum absolute atomic E-state index is 0.0327. The average molecular weight is 264 g/mol.